The number of rotatable bonds is 3. The monoisotopic (exact) mass is 348 g/mol. The molecule has 0 atom stereocenters. The zero-order chi connectivity index (χ0) is 18.1. The van der Waals surface area contributed by atoms with Gasteiger partial charge in [0.15, 0.2) is 5.65 Å². The van der Waals surface area contributed by atoms with Crippen LogP contribution in [0, 0.1) is 13.8 Å². The number of carbonyl (C=O) groups is 1. The number of amides is 1. The highest BCUT2D eigenvalue weighted by Crippen LogP contribution is 2.26. The number of aromatic nitrogens is 3. The number of nitrogens with zero attached hydrogens (tertiary/aromatic N) is 4. The second kappa shape index (κ2) is 6.90. The molecule has 0 unspecified atom stereocenters. The number of hydrogen-bond donors (Lipinski definition) is 0. The molecule has 0 saturated carbocycles. The number of benzene rings is 1. The summed E-state index contributed by atoms with van der Waals surface area (Å²) in [5.41, 5.74) is 5.67. The lowest BCUT2D eigenvalue weighted by Crippen LogP contribution is -2.36. The molecule has 1 aliphatic rings. The molecule has 134 valence electrons. The Kier molecular flexibility index (Phi) is 4.45. The Hall–Kier alpha value is -2.69. The van der Waals surface area contributed by atoms with Gasteiger partial charge >= 0.3 is 0 Å². The van der Waals surface area contributed by atoms with Gasteiger partial charge in [0.25, 0.3) is 0 Å². The zero-order valence-electron chi connectivity index (χ0n) is 15.4. The summed E-state index contributed by atoms with van der Waals surface area (Å²) in [5.74, 6) is 0.170. The molecule has 0 N–H and O–H groups in total. The van der Waals surface area contributed by atoms with Gasteiger partial charge in [-0.05, 0) is 45.2 Å². The third-order valence-electron chi connectivity index (χ3n) is 5.06. The van der Waals surface area contributed by atoms with Gasteiger partial charge in [-0.25, -0.2) is 9.50 Å². The van der Waals surface area contributed by atoms with Crippen molar-refractivity contribution in [3.63, 3.8) is 0 Å². The third kappa shape index (κ3) is 3.21. The van der Waals surface area contributed by atoms with Crippen molar-refractivity contribution < 1.29 is 4.79 Å². The van der Waals surface area contributed by atoms with Crippen molar-refractivity contribution in [2.75, 3.05) is 13.1 Å². The summed E-state index contributed by atoms with van der Waals surface area (Å²) in [6.45, 7) is 5.75. The summed E-state index contributed by atoms with van der Waals surface area (Å²) >= 11 is 0. The molecule has 3 aromatic rings. The molecule has 5 nitrogen and oxygen atoms in total. The van der Waals surface area contributed by atoms with Gasteiger partial charge < -0.3 is 4.90 Å². The van der Waals surface area contributed by atoms with Crippen molar-refractivity contribution >= 4 is 11.6 Å². The van der Waals surface area contributed by atoms with Crippen LogP contribution in [0.4, 0.5) is 0 Å². The second-order valence-electron chi connectivity index (χ2n) is 7.14. The molecular weight excluding hydrogens is 324 g/mol. The molecule has 26 heavy (non-hydrogen) atoms. The molecule has 2 aromatic heterocycles. The van der Waals surface area contributed by atoms with Crippen molar-refractivity contribution in [2.45, 2.75) is 39.5 Å². The van der Waals surface area contributed by atoms with Crippen LogP contribution in [0.5, 0.6) is 0 Å². The number of aryl methyl sites for hydroxylation is 2. The smallest absolute Gasteiger partial charge is 0.228 e. The molecule has 0 spiro atoms. The molecule has 4 rings (SSSR count). The standard InChI is InChI=1S/C21H24N4O/c1-15-6-9-17(10-7-15)21-18(14-20(26)24-12-4-3-5-13-24)25-19(22-21)11-8-16(2)23-25/h6-11H,3-5,12-14H2,1-2H3. The van der Waals surface area contributed by atoms with Crippen molar-refractivity contribution in [2.24, 2.45) is 0 Å². The first-order valence-electron chi connectivity index (χ1n) is 9.32. The Morgan fingerprint density at radius 3 is 2.46 bits per heavy atom. The average Bonchev–Trinajstić information content (AvgIpc) is 3.01. The van der Waals surface area contributed by atoms with E-state index in [4.69, 9.17) is 4.98 Å². The van der Waals surface area contributed by atoms with Gasteiger partial charge in [0.2, 0.25) is 5.91 Å². The first-order valence-corrected chi connectivity index (χ1v) is 9.32. The van der Waals surface area contributed by atoms with Crippen LogP contribution in [0.1, 0.15) is 36.2 Å². The summed E-state index contributed by atoms with van der Waals surface area (Å²) in [4.78, 5) is 19.7. The Morgan fingerprint density at radius 2 is 1.73 bits per heavy atom. The van der Waals surface area contributed by atoms with E-state index in [0.29, 0.717) is 6.42 Å². The van der Waals surface area contributed by atoms with Gasteiger partial charge in [-0.2, -0.15) is 5.10 Å². The maximum absolute atomic E-state index is 12.9. The van der Waals surface area contributed by atoms with Gasteiger partial charge in [-0.1, -0.05) is 29.8 Å². The number of piperidine rings is 1. The molecule has 0 radical (unpaired) electrons. The number of hydrogen-bond acceptors (Lipinski definition) is 3. The van der Waals surface area contributed by atoms with E-state index < -0.39 is 0 Å². The van der Waals surface area contributed by atoms with E-state index in [1.165, 1.54) is 12.0 Å². The summed E-state index contributed by atoms with van der Waals surface area (Å²) in [5, 5.41) is 4.62. The van der Waals surface area contributed by atoms with Crippen LogP contribution < -0.4 is 0 Å². The minimum atomic E-state index is 0.170. The topological polar surface area (TPSA) is 50.5 Å². The molecule has 1 aromatic carbocycles. The molecular formula is C21H24N4O. The van der Waals surface area contributed by atoms with E-state index in [1.807, 2.05) is 28.5 Å². The van der Waals surface area contributed by atoms with E-state index in [9.17, 15) is 4.79 Å². The fraction of sp³-hybridized carbons (Fsp3) is 0.381. The van der Waals surface area contributed by atoms with Crippen LogP contribution in [0.15, 0.2) is 36.4 Å². The number of likely N-dealkylation sites (tertiary alicyclic amines) is 1. The van der Waals surface area contributed by atoms with Gasteiger partial charge in [0.05, 0.1) is 23.5 Å². The fourth-order valence-electron chi connectivity index (χ4n) is 3.57. The molecule has 1 fully saturated rings. The third-order valence-corrected chi connectivity index (χ3v) is 5.06. The van der Waals surface area contributed by atoms with E-state index in [-0.39, 0.29) is 5.91 Å². The second-order valence-corrected chi connectivity index (χ2v) is 7.14. The van der Waals surface area contributed by atoms with Crippen molar-refractivity contribution in [1.82, 2.24) is 19.5 Å². The van der Waals surface area contributed by atoms with Crippen molar-refractivity contribution in [3.8, 4) is 11.3 Å². The first kappa shape index (κ1) is 16.8. The number of imidazole rings is 1. The van der Waals surface area contributed by atoms with Gasteiger partial charge in [-0.3, -0.25) is 4.79 Å². The Bertz CT molecular complexity index is 937. The lowest BCUT2D eigenvalue weighted by molar-refractivity contribution is -0.131. The van der Waals surface area contributed by atoms with E-state index in [2.05, 4.69) is 36.3 Å². The van der Waals surface area contributed by atoms with Crippen LogP contribution in [0.2, 0.25) is 0 Å². The maximum Gasteiger partial charge on any atom is 0.228 e. The first-order chi connectivity index (χ1) is 12.6. The van der Waals surface area contributed by atoms with Gasteiger partial charge in [0.1, 0.15) is 0 Å². The van der Waals surface area contributed by atoms with Crippen LogP contribution >= 0.6 is 0 Å². The lowest BCUT2D eigenvalue weighted by atomic mass is 10.1. The van der Waals surface area contributed by atoms with Gasteiger partial charge in [-0.15, -0.1) is 0 Å². The van der Waals surface area contributed by atoms with Crippen LogP contribution in [-0.4, -0.2) is 38.5 Å². The number of carbonyl (C=O) groups excluding carboxylic acids is 1. The normalized spacial score (nSPS) is 14.8. The van der Waals surface area contributed by atoms with Crippen LogP contribution in [-0.2, 0) is 11.2 Å². The van der Waals surface area contributed by atoms with E-state index in [1.54, 1.807) is 0 Å². The Labute approximate surface area is 153 Å². The van der Waals surface area contributed by atoms with E-state index >= 15 is 0 Å². The minimum absolute atomic E-state index is 0.170. The average molecular weight is 348 g/mol. The van der Waals surface area contributed by atoms with E-state index in [0.717, 1.165) is 54.2 Å². The SMILES string of the molecule is Cc1ccc(-c2nc3ccc(C)nn3c2CC(=O)N2CCCCC2)cc1. The molecule has 5 heteroatoms. The zero-order valence-corrected chi connectivity index (χ0v) is 15.4. The maximum atomic E-state index is 12.9. The predicted octanol–water partition coefficient (Wildman–Crippen LogP) is 3.57. The van der Waals surface area contributed by atoms with Crippen molar-refractivity contribution in [1.29, 1.82) is 0 Å². The largest absolute Gasteiger partial charge is 0.342 e. The quantitative estimate of drug-likeness (QED) is 0.727. The molecule has 1 saturated heterocycles. The lowest BCUT2D eigenvalue weighted by Gasteiger charge is -2.26. The Morgan fingerprint density at radius 1 is 1.00 bits per heavy atom. The van der Waals surface area contributed by atoms with Crippen molar-refractivity contribution in [3.05, 3.63) is 53.3 Å². The summed E-state index contributed by atoms with van der Waals surface area (Å²) in [6, 6.07) is 12.2. The Balaban J connectivity index is 1.77. The number of fused-ring (bicyclic) bond motifs is 1. The highest BCUT2D eigenvalue weighted by molar-refractivity contribution is 5.81. The fourth-order valence-corrected chi connectivity index (χ4v) is 3.57. The molecule has 0 bridgehead atoms. The highest BCUT2D eigenvalue weighted by Gasteiger charge is 2.22. The molecule has 1 amide bonds. The van der Waals surface area contributed by atoms with Gasteiger partial charge in [0, 0.05) is 18.7 Å². The molecule has 1 aliphatic heterocycles. The van der Waals surface area contributed by atoms with Crippen LogP contribution in [0.25, 0.3) is 16.9 Å². The summed E-state index contributed by atoms with van der Waals surface area (Å²) in [7, 11) is 0. The predicted molar refractivity (Wildman–Crippen MR) is 102 cm³/mol. The summed E-state index contributed by atoms with van der Waals surface area (Å²) < 4.78 is 1.84. The minimum Gasteiger partial charge on any atom is -0.342 e. The summed E-state index contributed by atoms with van der Waals surface area (Å²) in [6.07, 6.45) is 3.75. The van der Waals surface area contributed by atoms with Crippen LogP contribution in [0.3, 0.4) is 0 Å². The highest BCUT2D eigenvalue weighted by atomic mass is 16.2. The molecule has 0 aliphatic carbocycles. The molecule has 3 heterocycles.